The topological polar surface area (TPSA) is 49.5 Å². The van der Waals surface area contributed by atoms with Crippen LogP contribution in [0.2, 0.25) is 0 Å². The molecule has 4 heteroatoms. The van der Waals surface area contributed by atoms with Crippen LogP contribution in [0.1, 0.15) is 58.0 Å². The second-order valence-electron chi connectivity index (χ2n) is 6.96. The van der Waals surface area contributed by atoms with Crippen LogP contribution in [0.3, 0.4) is 0 Å². The molecule has 1 fully saturated rings. The lowest BCUT2D eigenvalue weighted by atomic mass is 9.93. The molecule has 1 aromatic rings. The fourth-order valence-corrected chi connectivity index (χ4v) is 2.77. The second kappa shape index (κ2) is 6.72. The minimum atomic E-state index is 0.0484. The SMILES string of the molecule is CC(C)(C)c1coc(CN2CCCC(CCO)CC2)n1. The molecule has 114 valence electrons. The van der Waals surface area contributed by atoms with E-state index in [0.717, 1.165) is 37.6 Å². The van der Waals surface area contributed by atoms with Crippen molar-refractivity contribution in [3.63, 3.8) is 0 Å². The molecule has 4 nitrogen and oxygen atoms in total. The first-order valence-electron chi connectivity index (χ1n) is 7.77. The molecule has 20 heavy (non-hydrogen) atoms. The zero-order chi connectivity index (χ0) is 14.6. The predicted molar refractivity (Wildman–Crippen MR) is 79.5 cm³/mol. The number of hydrogen-bond donors (Lipinski definition) is 1. The van der Waals surface area contributed by atoms with Gasteiger partial charge in [0, 0.05) is 12.0 Å². The Hall–Kier alpha value is -0.870. The smallest absolute Gasteiger partial charge is 0.208 e. The van der Waals surface area contributed by atoms with Crippen molar-refractivity contribution in [2.45, 2.75) is 58.4 Å². The number of rotatable bonds is 4. The Balaban J connectivity index is 1.88. The lowest BCUT2D eigenvalue weighted by molar-refractivity contribution is 0.230. The van der Waals surface area contributed by atoms with E-state index in [1.165, 1.54) is 19.3 Å². The van der Waals surface area contributed by atoms with Gasteiger partial charge in [-0.25, -0.2) is 4.98 Å². The number of likely N-dealkylation sites (tertiary alicyclic amines) is 1. The van der Waals surface area contributed by atoms with E-state index in [0.29, 0.717) is 12.5 Å². The molecule has 0 aromatic carbocycles. The maximum absolute atomic E-state index is 9.05. The molecule has 0 saturated carbocycles. The average Bonchev–Trinajstić information content (AvgIpc) is 2.73. The molecule has 1 atom stereocenters. The van der Waals surface area contributed by atoms with Gasteiger partial charge in [-0.05, 0) is 44.7 Å². The third kappa shape index (κ3) is 4.32. The van der Waals surface area contributed by atoms with Crippen molar-refractivity contribution in [2.24, 2.45) is 5.92 Å². The highest BCUT2D eigenvalue weighted by Gasteiger charge is 2.21. The number of nitrogens with zero attached hydrogens (tertiary/aromatic N) is 2. The van der Waals surface area contributed by atoms with Gasteiger partial charge in [0.2, 0.25) is 5.89 Å². The van der Waals surface area contributed by atoms with Crippen molar-refractivity contribution < 1.29 is 9.52 Å². The van der Waals surface area contributed by atoms with Crippen molar-refractivity contribution in [1.29, 1.82) is 0 Å². The number of aliphatic hydroxyl groups excluding tert-OH is 1. The van der Waals surface area contributed by atoms with E-state index < -0.39 is 0 Å². The summed E-state index contributed by atoms with van der Waals surface area (Å²) in [6.07, 6.45) is 6.35. The van der Waals surface area contributed by atoms with Crippen LogP contribution in [0.4, 0.5) is 0 Å². The number of aromatic nitrogens is 1. The highest BCUT2D eigenvalue weighted by atomic mass is 16.3. The van der Waals surface area contributed by atoms with E-state index >= 15 is 0 Å². The summed E-state index contributed by atoms with van der Waals surface area (Å²) in [7, 11) is 0. The van der Waals surface area contributed by atoms with Gasteiger partial charge >= 0.3 is 0 Å². The lowest BCUT2D eigenvalue weighted by Gasteiger charge is -2.18. The maximum Gasteiger partial charge on any atom is 0.208 e. The average molecular weight is 280 g/mol. The van der Waals surface area contributed by atoms with Crippen LogP contribution < -0.4 is 0 Å². The number of oxazole rings is 1. The Morgan fingerprint density at radius 2 is 2.15 bits per heavy atom. The van der Waals surface area contributed by atoms with Crippen LogP contribution >= 0.6 is 0 Å². The van der Waals surface area contributed by atoms with Crippen LogP contribution in [0.5, 0.6) is 0 Å². The third-order valence-corrected chi connectivity index (χ3v) is 4.16. The van der Waals surface area contributed by atoms with Gasteiger partial charge < -0.3 is 9.52 Å². The zero-order valence-corrected chi connectivity index (χ0v) is 13.1. The van der Waals surface area contributed by atoms with Gasteiger partial charge in [-0.3, -0.25) is 4.90 Å². The Morgan fingerprint density at radius 1 is 1.35 bits per heavy atom. The van der Waals surface area contributed by atoms with Crippen molar-refractivity contribution in [3.8, 4) is 0 Å². The van der Waals surface area contributed by atoms with Crippen molar-refractivity contribution in [1.82, 2.24) is 9.88 Å². The Kier molecular flexibility index (Phi) is 5.22. The fourth-order valence-electron chi connectivity index (χ4n) is 2.77. The predicted octanol–water partition coefficient (Wildman–Crippen LogP) is 2.96. The molecule has 1 aliphatic heterocycles. The van der Waals surface area contributed by atoms with E-state index in [1.54, 1.807) is 6.26 Å². The van der Waals surface area contributed by atoms with Crippen LogP contribution in [-0.4, -0.2) is 34.7 Å². The van der Waals surface area contributed by atoms with Crippen molar-refractivity contribution in [2.75, 3.05) is 19.7 Å². The third-order valence-electron chi connectivity index (χ3n) is 4.16. The minimum Gasteiger partial charge on any atom is -0.447 e. The number of aliphatic hydroxyl groups is 1. The molecule has 2 heterocycles. The second-order valence-corrected chi connectivity index (χ2v) is 6.96. The van der Waals surface area contributed by atoms with Gasteiger partial charge in [-0.1, -0.05) is 20.8 Å². The van der Waals surface area contributed by atoms with E-state index in [1.807, 2.05) is 0 Å². The Bertz CT molecular complexity index is 409. The molecular formula is C16H28N2O2. The standard InChI is InChI=1S/C16H28N2O2/c1-16(2,3)14-12-20-15(17-14)11-18-8-4-5-13(6-9-18)7-10-19/h12-13,19H,4-11H2,1-3H3. The summed E-state index contributed by atoms with van der Waals surface area (Å²) in [5, 5.41) is 9.05. The van der Waals surface area contributed by atoms with Gasteiger partial charge in [0.15, 0.2) is 0 Å². The molecule has 1 aromatic heterocycles. The molecule has 0 radical (unpaired) electrons. The van der Waals surface area contributed by atoms with Gasteiger partial charge in [0.05, 0.1) is 12.2 Å². The van der Waals surface area contributed by atoms with Gasteiger partial charge in [0.25, 0.3) is 0 Å². The summed E-state index contributed by atoms with van der Waals surface area (Å²) < 4.78 is 5.62. The van der Waals surface area contributed by atoms with Gasteiger partial charge in [-0.15, -0.1) is 0 Å². The minimum absolute atomic E-state index is 0.0484. The molecule has 1 unspecified atom stereocenters. The molecular weight excluding hydrogens is 252 g/mol. The summed E-state index contributed by atoms with van der Waals surface area (Å²) >= 11 is 0. The quantitative estimate of drug-likeness (QED) is 0.921. The van der Waals surface area contributed by atoms with Crippen molar-refractivity contribution in [3.05, 3.63) is 17.8 Å². The summed E-state index contributed by atoms with van der Waals surface area (Å²) in [5.41, 5.74) is 1.08. The van der Waals surface area contributed by atoms with Crippen LogP contribution in [-0.2, 0) is 12.0 Å². The van der Waals surface area contributed by atoms with Gasteiger partial charge in [-0.2, -0.15) is 0 Å². The van der Waals surface area contributed by atoms with Gasteiger partial charge in [0.1, 0.15) is 6.26 Å². The first-order chi connectivity index (χ1) is 9.49. The molecule has 1 saturated heterocycles. The first kappa shape index (κ1) is 15.5. The molecule has 1 N–H and O–H groups in total. The monoisotopic (exact) mass is 280 g/mol. The summed E-state index contributed by atoms with van der Waals surface area (Å²) in [6.45, 7) is 9.77. The Labute approximate surface area is 122 Å². The number of hydrogen-bond acceptors (Lipinski definition) is 4. The first-order valence-corrected chi connectivity index (χ1v) is 7.77. The molecule has 1 aliphatic rings. The molecule has 0 aliphatic carbocycles. The van der Waals surface area contributed by atoms with E-state index in [2.05, 4.69) is 30.7 Å². The highest BCUT2D eigenvalue weighted by molar-refractivity contribution is 5.08. The lowest BCUT2D eigenvalue weighted by Crippen LogP contribution is -2.24. The zero-order valence-electron chi connectivity index (χ0n) is 13.1. The molecule has 0 amide bonds. The summed E-state index contributed by atoms with van der Waals surface area (Å²) in [4.78, 5) is 7.04. The molecule has 0 spiro atoms. The van der Waals surface area contributed by atoms with Crippen LogP contribution in [0.15, 0.2) is 10.7 Å². The maximum atomic E-state index is 9.05. The van der Waals surface area contributed by atoms with E-state index in [9.17, 15) is 0 Å². The summed E-state index contributed by atoms with van der Waals surface area (Å²) in [5.74, 6) is 1.51. The highest BCUT2D eigenvalue weighted by Crippen LogP contribution is 2.23. The molecule has 2 rings (SSSR count). The summed E-state index contributed by atoms with van der Waals surface area (Å²) in [6, 6.07) is 0. The van der Waals surface area contributed by atoms with Crippen LogP contribution in [0, 0.1) is 5.92 Å². The normalized spacial score (nSPS) is 21.9. The Morgan fingerprint density at radius 3 is 2.80 bits per heavy atom. The van der Waals surface area contributed by atoms with E-state index in [-0.39, 0.29) is 5.41 Å². The van der Waals surface area contributed by atoms with E-state index in [4.69, 9.17) is 9.52 Å². The largest absolute Gasteiger partial charge is 0.447 e. The fraction of sp³-hybridized carbons (Fsp3) is 0.812. The van der Waals surface area contributed by atoms with Crippen molar-refractivity contribution >= 4 is 0 Å². The van der Waals surface area contributed by atoms with Crippen LogP contribution in [0.25, 0.3) is 0 Å². The molecule has 0 bridgehead atoms.